The second-order valence-corrected chi connectivity index (χ2v) is 27.1. The molecule has 0 aromatic rings. The van der Waals surface area contributed by atoms with Crippen LogP contribution in [0.2, 0.25) is 0 Å². The lowest BCUT2D eigenvalue weighted by atomic mass is 9.96. The molecule has 3 fully saturated rings. The van der Waals surface area contributed by atoms with Crippen molar-refractivity contribution in [1.82, 2.24) is 5.32 Å². The van der Waals surface area contributed by atoms with Crippen LogP contribution in [0.3, 0.4) is 0 Å². The number of ether oxygens (including phenoxy) is 6. The maximum atomic E-state index is 13.5. The van der Waals surface area contributed by atoms with Crippen molar-refractivity contribution in [1.29, 1.82) is 0 Å². The molecule has 3 aliphatic rings. The highest BCUT2D eigenvalue weighted by Gasteiger charge is 2.53. The number of aliphatic hydroxyl groups excluding tert-OH is 11. The molecular formula is C73H137NO18. The average molecular weight is 1320 g/mol. The number of carbonyl (C=O) groups is 1. The number of nitrogens with one attached hydrogen (secondary N) is 1. The summed E-state index contributed by atoms with van der Waals surface area (Å²) in [6.45, 7) is 1.83. The number of carbonyl (C=O) groups excluding carboxylic acids is 1. The zero-order valence-corrected chi connectivity index (χ0v) is 57.5. The van der Waals surface area contributed by atoms with Gasteiger partial charge in [0.05, 0.1) is 38.6 Å². The Labute approximate surface area is 556 Å². The second kappa shape index (κ2) is 55.2. The average Bonchev–Trinajstić information content (AvgIpc) is 0.837. The quantitative estimate of drug-likeness (QED) is 0.0199. The fraction of sp³-hybridized carbons (Fsp3) is 0.932. The minimum absolute atomic E-state index is 0.239. The first-order valence-corrected chi connectivity index (χ1v) is 37.6. The Kier molecular flexibility index (Phi) is 50.7. The van der Waals surface area contributed by atoms with Crippen LogP contribution in [-0.4, -0.2) is 193 Å². The van der Waals surface area contributed by atoms with E-state index in [2.05, 4.69) is 43.5 Å². The van der Waals surface area contributed by atoms with Gasteiger partial charge in [-0.05, 0) is 44.9 Å². The number of aliphatic hydroxyl groups is 11. The number of hydrogen-bond donors (Lipinski definition) is 12. The molecule has 0 saturated carbocycles. The van der Waals surface area contributed by atoms with Gasteiger partial charge in [-0.3, -0.25) is 4.79 Å². The lowest BCUT2D eigenvalue weighted by Gasteiger charge is -2.48. The Morgan fingerprint density at radius 3 is 1.11 bits per heavy atom. The highest BCUT2D eigenvalue weighted by atomic mass is 16.8. The number of rotatable bonds is 59. The maximum absolute atomic E-state index is 13.5. The Morgan fingerprint density at radius 2 is 0.717 bits per heavy atom. The summed E-state index contributed by atoms with van der Waals surface area (Å²) >= 11 is 0. The Hall–Kier alpha value is -1.73. The first-order chi connectivity index (χ1) is 44.8. The summed E-state index contributed by atoms with van der Waals surface area (Å²) in [5, 5.41) is 121. The molecule has 3 saturated heterocycles. The molecule has 19 heteroatoms. The lowest BCUT2D eigenvalue weighted by molar-refractivity contribution is -0.379. The zero-order chi connectivity index (χ0) is 66.8. The lowest BCUT2D eigenvalue weighted by Crippen LogP contribution is -2.66. The van der Waals surface area contributed by atoms with E-state index in [1.807, 2.05) is 0 Å². The van der Waals surface area contributed by atoms with Gasteiger partial charge in [-0.2, -0.15) is 0 Å². The van der Waals surface area contributed by atoms with Gasteiger partial charge in [0.15, 0.2) is 18.9 Å². The second-order valence-electron chi connectivity index (χ2n) is 27.1. The molecule has 17 atom stereocenters. The first kappa shape index (κ1) is 84.5. The van der Waals surface area contributed by atoms with Gasteiger partial charge in [-0.1, -0.05) is 276 Å². The number of hydrogen-bond acceptors (Lipinski definition) is 18. The van der Waals surface area contributed by atoms with Crippen molar-refractivity contribution in [2.45, 2.75) is 407 Å². The van der Waals surface area contributed by atoms with E-state index in [0.29, 0.717) is 12.8 Å². The Balaban J connectivity index is 1.40. The molecule has 0 aliphatic carbocycles. The highest BCUT2D eigenvalue weighted by molar-refractivity contribution is 5.76. The van der Waals surface area contributed by atoms with Gasteiger partial charge in [0.2, 0.25) is 5.91 Å². The van der Waals surface area contributed by atoms with E-state index in [9.17, 15) is 61.0 Å². The van der Waals surface area contributed by atoms with Crippen LogP contribution in [0.5, 0.6) is 0 Å². The van der Waals surface area contributed by atoms with Crippen LogP contribution < -0.4 is 5.32 Å². The van der Waals surface area contributed by atoms with Gasteiger partial charge in [0.25, 0.3) is 0 Å². The highest BCUT2D eigenvalue weighted by Crippen LogP contribution is 2.33. The van der Waals surface area contributed by atoms with Crippen molar-refractivity contribution in [3.8, 4) is 0 Å². The number of unbranched alkanes of at least 4 members (excludes halogenated alkanes) is 39. The van der Waals surface area contributed by atoms with Gasteiger partial charge in [-0.25, -0.2) is 0 Å². The van der Waals surface area contributed by atoms with Crippen molar-refractivity contribution < 1.29 is 89.4 Å². The van der Waals surface area contributed by atoms with Crippen LogP contribution in [0.4, 0.5) is 0 Å². The molecule has 0 aromatic carbocycles. The van der Waals surface area contributed by atoms with Crippen LogP contribution in [0.1, 0.15) is 303 Å². The first-order valence-electron chi connectivity index (χ1n) is 37.6. The summed E-state index contributed by atoms with van der Waals surface area (Å²) in [5.74, 6) is -0.239. The third-order valence-electron chi connectivity index (χ3n) is 19.0. The molecule has 92 heavy (non-hydrogen) atoms. The van der Waals surface area contributed by atoms with Gasteiger partial charge >= 0.3 is 0 Å². The number of allylic oxidation sites excluding steroid dienone is 4. The molecule has 3 rings (SSSR count). The standard InChI is InChI=1S/C73H137NO18/c1-3-5-7-9-11-13-15-17-19-21-23-25-27-28-29-31-33-35-37-39-41-43-45-47-49-51-61(79)74-56(57(78)50-48-46-44-42-40-38-36-34-32-30-26-24-22-20-18-16-14-12-10-8-6-4-2)55-87-71-67(85)64(82)69(59(53-76)89-71)92-73-68(86)65(83)70(60(54-77)90-73)91-72-66(84)63(81)62(80)58(52-75)88-72/h15,17,21,23,56-60,62-73,75-78,80-86H,3-14,16,18-20,22,24-55H2,1-2H3,(H,74,79)/b17-15-,23-21-. The van der Waals surface area contributed by atoms with E-state index in [1.165, 1.54) is 218 Å². The monoisotopic (exact) mass is 1320 g/mol. The molecule has 0 spiro atoms. The van der Waals surface area contributed by atoms with Crippen molar-refractivity contribution in [2.75, 3.05) is 26.4 Å². The molecule has 0 bridgehead atoms. The van der Waals surface area contributed by atoms with E-state index in [-0.39, 0.29) is 18.9 Å². The zero-order valence-electron chi connectivity index (χ0n) is 57.5. The third-order valence-corrected chi connectivity index (χ3v) is 19.0. The van der Waals surface area contributed by atoms with Gasteiger partial charge in [0, 0.05) is 6.42 Å². The molecule has 19 nitrogen and oxygen atoms in total. The van der Waals surface area contributed by atoms with E-state index < -0.39 is 124 Å². The fourth-order valence-electron chi connectivity index (χ4n) is 12.9. The normalized spacial score (nSPS) is 27.8. The largest absolute Gasteiger partial charge is 0.394 e. The van der Waals surface area contributed by atoms with Crippen LogP contribution >= 0.6 is 0 Å². The third kappa shape index (κ3) is 36.2. The number of amides is 1. The molecule has 542 valence electrons. The summed E-state index contributed by atoms with van der Waals surface area (Å²) < 4.78 is 34.5. The molecule has 0 radical (unpaired) electrons. The van der Waals surface area contributed by atoms with E-state index in [4.69, 9.17) is 28.4 Å². The van der Waals surface area contributed by atoms with E-state index in [0.717, 1.165) is 51.4 Å². The van der Waals surface area contributed by atoms with Gasteiger partial charge in [-0.15, -0.1) is 0 Å². The van der Waals surface area contributed by atoms with Gasteiger partial charge < -0.3 is 89.9 Å². The van der Waals surface area contributed by atoms with Gasteiger partial charge in [0.1, 0.15) is 73.2 Å². The van der Waals surface area contributed by atoms with Crippen molar-refractivity contribution in [3.05, 3.63) is 24.3 Å². The Morgan fingerprint density at radius 1 is 0.391 bits per heavy atom. The fourth-order valence-corrected chi connectivity index (χ4v) is 12.9. The molecule has 3 heterocycles. The molecule has 1 amide bonds. The molecule has 17 unspecified atom stereocenters. The summed E-state index contributed by atoms with van der Waals surface area (Å²) in [6, 6.07) is -0.887. The van der Waals surface area contributed by atoms with Crippen molar-refractivity contribution in [2.24, 2.45) is 0 Å². The summed E-state index contributed by atoms with van der Waals surface area (Å²) in [7, 11) is 0. The van der Waals surface area contributed by atoms with Crippen LogP contribution in [0.15, 0.2) is 24.3 Å². The smallest absolute Gasteiger partial charge is 0.220 e. The van der Waals surface area contributed by atoms with Crippen molar-refractivity contribution in [3.63, 3.8) is 0 Å². The van der Waals surface area contributed by atoms with E-state index in [1.54, 1.807) is 0 Å². The minimum atomic E-state index is -1.97. The predicted molar refractivity (Wildman–Crippen MR) is 360 cm³/mol. The summed E-state index contributed by atoms with van der Waals surface area (Å²) in [4.78, 5) is 13.5. The minimum Gasteiger partial charge on any atom is -0.394 e. The maximum Gasteiger partial charge on any atom is 0.220 e. The predicted octanol–water partition coefficient (Wildman–Crippen LogP) is 11.0. The molecule has 0 aromatic heterocycles. The Bertz CT molecular complexity index is 1760. The molecule has 12 N–H and O–H groups in total. The summed E-state index contributed by atoms with van der Waals surface area (Å²) in [5.41, 5.74) is 0. The van der Waals surface area contributed by atoms with Crippen molar-refractivity contribution >= 4 is 5.91 Å². The molecule has 3 aliphatic heterocycles. The topological polar surface area (TPSA) is 307 Å². The van der Waals surface area contributed by atoms with Crippen LogP contribution in [0.25, 0.3) is 0 Å². The van der Waals surface area contributed by atoms with E-state index >= 15 is 0 Å². The molecular weight excluding hydrogens is 1180 g/mol. The van der Waals surface area contributed by atoms with Crippen LogP contribution in [-0.2, 0) is 33.2 Å². The SMILES string of the molecule is CCCCCCC/C=C\C/C=C\CCCCCCCCCCCCCCCC(=O)NC(COC1OC(CO)C(OC2OC(CO)C(OC3OC(CO)C(O)C(O)C3O)C(O)C2O)C(O)C1O)C(O)CCCCCCCCCCCCCCCCCCCCCCCC. The summed E-state index contributed by atoms with van der Waals surface area (Å²) in [6.07, 6.45) is 36.8. The van der Waals surface area contributed by atoms with Crippen LogP contribution in [0, 0.1) is 0 Å².